The van der Waals surface area contributed by atoms with Crippen molar-refractivity contribution < 1.29 is 4.79 Å². The number of carbonyl (C=O) groups excluding carboxylic acids is 1. The van der Waals surface area contributed by atoms with Crippen molar-refractivity contribution in [2.75, 3.05) is 37.6 Å². The first-order valence-corrected chi connectivity index (χ1v) is 7.54. The summed E-state index contributed by atoms with van der Waals surface area (Å²) in [6, 6.07) is 0. The molecule has 6 nitrogen and oxygen atoms in total. The van der Waals surface area contributed by atoms with Crippen LogP contribution in [0.4, 0.5) is 5.82 Å². The van der Waals surface area contributed by atoms with E-state index in [2.05, 4.69) is 45.9 Å². The molecule has 0 saturated carbocycles. The van der Waals surface area contributed by atoms with Crippen LogP contribution >= 0.6 is 0 Å². The fraction of sp³-hybridized carbons (Fsp3) is 0.667. The van der Waals surface area contributed by atoms with Crippen molar-refractivity contribution in [2.45, 2.75) is 32.7 Å². The molecule has 1 aliphatic heterocycles. The molecule has 116 valence electrons. The van der Waals surface area contributed by atoms with E-state index in [0.717, 1.165) is 38.4 Å². The van der Waals surface area contributed by atoms with Crippen LogP contribution in [0, 0.1) is 0 Å². The van der Waals surface area contributed by atoms with Crippen molar-refractivity contribution >= 4 is 11.7 Å². The van der Waals surface area contributed by atoms with E-state index in [1.165, 1.54) is 0 Å². The molecule has 0 aliphatic carbocycles. The van der Waals surface area contributed by atoms with Gasteiger partial charge in [-0.3, -0.25) is 14.7 Å². The number of nitrogens with one attached hydrogen (secondary N) is 1. The normalized spacial score (nSPS) is 16.8. The minimum atomic E-state index is -0.126. The molecule has 1 N–H and O–H groups in total. The van der Waals surface area contributed by atoms with Gasteiger partial charge >= 0.3 is 0 Å². The van der Waals surface area contributed by atoms with Gasteiger partial charge in [-0.1, -0.05) is 6.92 Å². The Morgan fingerprint density at radius 2 is 2.00 bits per heavy atom. The lowest BCUT2D eigenvalue weighted by Crippen LogP contribution is -2.52. The molecular formula is C15H25N5O. The van der Waals surface area contributed by atoms with E-state index >= 15 is 0 Å². The Kier molecular flexibility index (Phi) is 5.12. The molecule has 0 bridgehead atoms. The maximum Gasteiger partial charge on any atom is 0.234 e. The summed E-state index contributed by atoms with van der Waals surface area (Å²) in [5.74, 6) is 1.02. The van der Waals surface area contributed by atoms with Crippen molar-refractivity contribution in [3.05, 3.63) is 18.6 Å². The zero-order chi connectivity index (χ0) is 15.3. The average Bonchev–Trinajstić information content (AvgIpc) is 2.48. The first-order valence-electron chi connectivity index (χ1n) is 7.54. The molecule has 0 aromatic carbocycles. The van der Waals surface area contributed by atoms with Crippen molar-refractivity contribution in [2.24, 2.45) is 0 Å². The number of aromatic nitrogens is 2. The molecule has 1 fully saturated rings. The van der Waals surface area contributed by atoms with Crippen LogP contribution in [0.3, 0.4) is 0 Å². The molecule has 0 radical (unpaired) electrons. The highest BCUT2D eigenvalue weighted by Gasteiger charge is 2.22. The van der Waals surface area contributed by atoms with Gasteiger partial charge < -0.3 is 10.2 Å². The summed E-state index contributed by atoms with van der Waals surface area (Å²) in [7, 11) is 0. The fourth-order valence-corrected chi connectivity index (χ4v) is 2.30. The highest BCUT2D eigenvalue weighted by atomic mass is 16.2. The van der Waals surface area contributed by atoms with Crippen LogP contribution in [-0.4, -0.2) is 59.0 Å². The van der Waals surface area contributed by atoms with Gasteiger partial charge in [0, 0.05) is 44.1 Å². The van der Waals surface area contributed by atoms with Gasteiger partial charge in [0.15, 0.2) is 0 Å². The van der Waals surface area contributed by atoms with Gasteiger partial charge in [0.25, 0.3) is 0 Å². The highest BCUT2D eigenvalue weighted by molar-refractivity contribution is 5.78. The number of nitrogens with zero attached hydrogens (tertiary/aromatic N) is 4. The van der Waals surface area contributed by atoms with Crippen LogP contribution in [0.15, 0.2) is 18.6 Å². The van der Waals surface area contributed by atoms with Crippen LogP contribution in [-0.2, 0) is 4.79 Å². The van der Waals surface area contributed by atoms with E-state index in [1.807, 2.05) is 0 Å². The third-order valence-electron chi connectivity index (χ3n) is 3.97. The predicted octanol–water partition coefficient (Wildman–Crippen LogP) is 0.903. The van der Waals surface area contributed by atoms with Gasteiger partial charge in [0.2, 0.25) is 5.91 Å². The topological polar surface area (TPSA) is 61.4 Å². The van der Waals surface area contributed by atoms with Crippen LogP contribution in [0.2, 0.25) is 0 Å². The maximum atomic E-state index is 12.0. The fourth-order valence-electron chi connectivity index (χ4n) is 2.30. The minimum absolute atomic E-state index is 0.106. The highest BCUT2D eigenvalue weighted by Crippen LogP contribution is 2.11. The summed E-state index contributed by atoms with van der Waals surface area (Å²) in [5.41, 5.74) is -0.126. The Labute approximate surface area is 126 Å². The summed E-state index contributed by atoms with van der Waals surface area (Å²) >= 11 is 0. The first kappa shape index (κ1) is 15.7. The molecule has 1 aromatic rings. The molecule has 1 aliphatic rings. The van der Waals surface area contributed by atoms with E-state index in [-0.39, 0.29) is 11.4 Å². The Hall–Kier alpha value is -1.69. The molecule has 1 saturated heterocycles. The minimum Gasteiger partial charge on any atom is -0.353 e. The zero-order valence-corrected chi connectivity index (χ0v) is 13.2. The van der Waals surface area contributed by atoms with Gasteiger partial charge in [0.05, 0.1) is 12.7 Å². The molecule has 6 heteroatoms. The SMILES string of the molecule is CCC(C)(C)NC(=O)CN1CCN(c2cnccn2)CC1. The summed E-state index contributed by atoms with van der Waals surface area (Å²) in [6.07, 6.45) is 6.10. The summed E-state index contributed by atoms with van der Waals surface area (Å²) in [6.45, 7) is 10.2. The number of amides is 1. The summed E-state index contributed by atoms with van der Waals surface area (Å²) in [5, 5.41) is 3.08. The lowest BCUT2D eigenvalue weighted by atomic mass is 10.0. The van der Waals surface area contributed by atoms with Crippen molar-refractivity contribution in [1.82, 2.24) is 20.2 Å². The molecule has 2 heterocycles. The van der Waals surface area contributed by atoms with Gasteiger partial charge in [-0.15, -0.1) is 0 Å². The van der Waals surface area contributed by atoms with E-state index in [1.54, 1.807) is 18.6 Å². The molecule has 1 amide bonds. The van der Waals surface area contributed by atoms with E-state index in [4.69, 9.17) is 0 Å². The summed E-state index contributed by atoms with van der Waals surface area (Å²) in [4.78, 5) is 24.9. The van der Waals surface area contributed by atoms with Crippen LogP contribution in [0.25, 0.3) is 0 Å². The zero-order valence-electron chi connectivity index (χ0n) is 13.2. The number of carbonyl (C=O) groups is 1. The van der Waals surface area contributed by atoms with Crippen LogP contribution < -0.4 is 10.2 Å². The first-order chi connectivity index (χ1) is 10.00. The lowest BCUT2D eigenvalue weighted by molar-refractivity contribution is -0.123. The largest absolute Gasteiger partial charge is 0.353 e. The number of rotatable bonds is 5. The second-order valence-electron chi connectivity index (χ2n) is 6.11. The Balaban J connectivity index is 1.78. The molecular weight excluding hydrogens is 266 g/mol. The Bertz CT molecular complexity index is 454. The van der Waals surface area contributed by atoms with Crippen molar-refractivity contribution in [3.63, 3.8) is 0 Å². The van der Waals surface area contributed by atoms with Crippen LogP contribution in [0.1, 0.15) is 27.2 Å². The van der Waals surface area contributed by atoms with E-state index in [9.17, 15) is 4.79 Å². The second-order valence-corrected chi connectivity index (χ2v) is 6.11. The standard InChI is InChI=1S/C15H25N5O/c1-4-15(2,3)18-14(21)12-19-7-9-20(10-8-19)13-11-16-5-6-17-13/h5-6,11H,4,7-10,12H2,1-3H3,(H,18,21). The molecule has 0 unspecified atom stereocenters. The monoisotopic (exact) mass is 291 g/mol. The Morgan fingerprint density at radius 3 is 2.57 bits per heavy atom. The quantitative estimate of drug-likeness (QED) is 0.873. The van der Waals surface area contributed by atoms with Crippen molar-refractivity contribution in [3.8, 4) is 0 Å². The molecule has 0 spiro atoms. The number of hydrogen-bond acceptors (Lipinski definition) is 5. The third kappa shape index (κ3) is 4.67. The van der Waals surface area contributed by atoms with Crippen molar-refractivity contribution in [1.29, 1.82) is 0 Å². The maximum absolute atomic E-state index is 12.0. The molecule has 1 aromatic heterocycles. The average molecular weight is 291 g/mol. The molecule has 0 atom stereocenters. The van der Waals surface area contributed by atoms with Crippen LogP contribution in [0.5, 0.6) is 0 Å². The summed E-state index contributed by atoms with van der Waals surface area (Å²) < 4.78 is 0. The van der Waals surface area contributed by atoms with Gasteiger partial charge in [0.1, 0.15) is 5.82 Å². The van der Waals surface area contributed by atoms with Gasteiger partial charge in [-0.2, -0.15) is 0 Å². The lowest BCUT2D eigenvalue weighted by Gasteiger charge is -2.35. The molecule has 2 rings (SSSR count). The number of piperazine rings is 1. The number of hydrogen-bond donors (Lipinski definition) is 1. The smallest absolute Gasteiger partial charge is 0.234 e. The number of anilines is 1. The van der Waals surface area contributed by atoms with Gasteiger partial charge in [-0.05, 0) is 20.3 Å². The predicted molar refractivity (Wildman–Crippen MR) is 83.2 cm³/mol. The Morgan fingerprint density at radius 1 is 1.29 bits per heavy atom. The third-order valence-corrected chi connectivity index (χ3v) is 3.97. The second kappa shape index (κ2) is 6.85. The van der Waals surface area contributed by atoms with Gasteiger partial charge in [-0.25, -0.2) is 4.98 Å². The molecule has 21 heavy (non-hydrogen) atoms. The van der Waals surface area contributed by atoms with E-state index in [0.29, 0.717) is 6.54 Å². The van der Waals surface area contributed by atoms with E-state index < -0.39 is 0 Å².